The number of fused-ring (bicyclic) bond motifs is 1. The Labute approximate surface area is 131 Å². The predicted octanol–water partition coefficient (Wildman–Crippen LogP) is 3.92. The van der Waals surface area contributed by atoms with E-state index in [2.05, 4.69) is 19.2 Å². The van der Waals surface area contributed by atoms with Crippen LogP contribution in [0.3, 0.4) is 0 Å². The molecule has 0 saturated carbocycles. The fourth-order valence-corrected chi connectivity index (χ4v) is 2.42. The number of methoxy groups -OCH3 is 1. The number of benzene rings is 1. The van der Waals surface area contributed by atoms with Crippen molar-refractivity contribution in [3.63, 3.8) is 0 Å². The van der Waals surface area contributed by atoms with Crippen LogP contribution in [0.5, 0.6) is 5.75 Å². The highest BCUT2D eigenvalue weighted by Crippen LogP contribution is 2.24. The molecule has 22 heavy (non-hydrogen) atoms. The maximum Gasteiger partial charge on any atom is 0.227 e. The predicted molar refractivity (Wildman–Crippen MR) is 88.1 cm³/mol. The molecule has 4 heteroatoms. The number of hydrogen-bond donors (Lipinski definition) is 1. The van der Waals surface area contributed by atoms with E-state index >= 15 is 0 Å². The lowest BCUT2D eigenvalue weighted by Crippen LogP contribution is -2.33. The molecular formula is C18H25NO3. The molecule has 0 radical (unpaired) electrons. The molecule has 2 rings (SSSR count). The molecule has 1 N–H and O–H groups in total. The summed E-state index contributed by atoms with van der Waals surface area (Å²) in [5.74, 6) is 2.09. The van der Waals surface area contributed by atoms with Gasteiger partial charge in [-0.1, -0.05) is 13.8 Å². The molecule has 1 aromatic carbocycles. The molecule has 4 nitrogen and oxygen atoms in total. The van der Waals surface area contributed by atoms with Crippen molar-refractivity contribution in [2.45, 2.75) is 46.1 Å². The van der Waals surface area contributed by atoms with Gasteiger partial charge in [-0.2, -0.15) is 0 Å². The van der Waals surface area contributed by atoms with Crippen molar-refractivity contribution in [2.24, 2.45) is 5.92 Å². The highest BCUT2D eigenvalue weighted by molar-refractivity contribution is 5.83. The number of carbonyl (C=O) groups is 1. The number of furan rings is 1. The summed E-state index contributed by atoms with van der Waals surface area (Å²) >= 11 is 0. The van der Waals surface area contributed by atoms with Crippen molar-refractivity contribution in [3.8, 4) is 5.75 Å². The normalized spacial score (nSPS) is 12.6. The van der Waals surface area contributed by atoms with Gasteiger partial charge < -0.3 is 14.5 Å². The van der Waals surface area contributed by atoms with E-state index < -0.39 is 0 Å². The van der Waals surface area contributed by atoms with Crippen molar-refractivity contribution in [1.82, 2.24) is 5.32 Å². The van der Waals surface area contributed by atoms with E-state index in [1.54, 1.807) is 7.11 Å². The molecule has 0 aliphatic rings. The first-order valence-electron chi connectivity index (χ1n) is 7.83. The number of rotatable bonds is 7. The van der Waals surface area contributed by atoms with E-state index in [9.17, 15) is 4.79 Å². The highest BCUT2D eigenvalue weighted by Gasteiger charge is 2.12. The van der Waals surface area contributed by atoms with Crippen molar-refractivity contribution in [2.75, 3.05) is 7.11 Å². The lowest BCUT2D eigenvalue weighted by molar-refractivity contribution is -0.121. The Balaban J connectivity index is 1.94. The lowest BCUT2D eigenvalue weighted by atomic mass is 10.0. The van der Waals surface area contributed by atoms with Gasteiger partial charge in [-0.15, -0.1) is 0 Å². The van der Waals surface area contributed by atoms with Crippen LogP contribution in [-0.2, 0) is 11.2 Å². The monoisotopic (exact) mass is 303 g/mol. The van der Waals surface area contributed by atoms with E-state index in [4.69, 9.17) is 9.15 Å². The maximum atomic E-state index is 12.1. The zero-order valence-electron chi connectivity index (χ0n) is 13.8. The van der Waals surface area contributed by atoms with Crippen LogP contribution in [0.4, 0.5) is 0 Å². The Morgan fingerprint density at radius 1 is 1.23 bits per heavy atom. The van der Waals surface area contributed by atoms with Crippen LogP contribution >= 0.6 is 0 Å². The third-order valence-electron chi connectivity index (χ3n) is 3.70. The topological polar surface area (TPSA) is 51.5 Å². The first kappa shape index (κ1) is 16.4. The first-order chi connectivity index (χ1) is 10.5. The van der Waals surface area contributed by atoms with Gasteiger partial charge in [0.2, 0.25) is 5.91 Å². The second-order valence-corrected chi connectivity index (χ2v) is 6.23. The van der Waals surface area contributed by atoms with Gasteiger partial charge in [0.15, 0.2) is 0 Å². The van der Waals surface area contributed by atoms with Gasteiger partial charge in [-0.05, 0) is 43.9 Å². The molecule has 0 spiro atoms. The van der Waals surface area contributed by atoms with Crippen LogP contribution in [0, 0.1) is 5.92 Å². The largest absolute Gasteiger partial charge is 0.497 e. The van der Waals surface area contributed by atoms with Crippen LogP contribution in [0.1, 0.15) is 39.4 Å². The average Bonchev–Trinajstić information content (AvgIpc) is 2.85. The smallest absolute Gasteiger partial charge is 0.227 e. The molecule has 1 heterocycles. The standard InChI is InChI=1S/C18H25NO3/c1-12(2)5-6-13(3)19-18(20)11-16-9-14-7-8-15(21-4)10-17(14)22-16/h7-10,12-13H,5-6,11H2,1-4H3,(H,19,20). The van der Waals surface area contributed by atoms with Gasteiger partial charge in [0.05, 0.1) is 13.5 Å². The molecule has 0 aliphatic heterocycles. The van der Waals surface area contributed by atoms with Gasteiger partial charge in [0.1, 0.15) is 17.1 Å². The number of carbonyl (C=O) groups excluding carboxylic acids is 1. The second kappa shape index (κ2) is 7.34. The minimum atomic E-state index is 0.00211. The molecule has 0 bridgehead atoms. The van der Waals surface area contributed by atoms with Crippen LogP contribution in [-0.4, -0.2) is 19.1 Å². The highest BCUT2D eigenvalue weighted by atomic mass is 16.5. The van der Waals surface area contributed by atoms with Gasteiger partial charge >= 0.3 is 0 Å². The van der Waals surface area contributed by atoms with Crippen molar-refractivity contribution in [3.05, 3.63) is 30.0 Å². The molecule has 1 amide bonds. The summed E-state index contributed by atoms with van der Waals surface area (Å²) in [6.45, 7) is 6.43. The van der Waals surface area contributed by atoms with E-state index in [0.29, 0.717) is 11.7 Å². The Kier molecular flexibility index (Phi) is 5.47. The molecule has 2 aromatic rings. The van der Waals surface area contributed by atoms with Gasteiger partial charge in [0, 0.05) is 17.5 Å². The van der Waals surface area contributed by atoms with Crippen LogP contribution in [0.2, 0.25) is 0 Å². The number of ether oxygens (including phenoxy) is 1. The molecule has 0 fully saturated rings. The van der Waals surface area contributed by atoms with E-state index in [1.165, 1.54) is 0 Å². The van der Waals surface area contributed by atoms with E-state index in [1.807, 2.05) is 31.2 Å². The number of amides is 1. The minimum absolute atomic E-state index is 0.00211. The molecule has 0 aliphatic carbocycles. The molecule has 0 saturated heterocycles. The zero-order valence-corrected chi connectivity index (χ0v) is 13.8. The minimum Gasteiger partial charge on any atom is -0.497 e. The van der Waals surface area contributed by atoms with Crippen molar-refractivity contribution >= 4 is 16.9 Å². The van der Waals surface area contributed by atoms with Crippen LogP contribution in [0.15, 0.2) is 28.7 Å². The first-order valence-corrected chi connectivity index (χ1v) is 7.83. The number of nitrogens with one attached hydrogen (secondary N) is 1. The fraction of sp³-hybridized carbons (Fsp3) is 0.500. The van der Waals surface area contributed by atoms with Crippen LogP contribution in [0.25, 0.3) is 11.0 Å². The molecule has 1 atom stereocenters. The van der Waals surface area contributed by atoms with E-state index in [-0.39, 0.29) is 18.4 Å². The molecular weight excluding hydrogens is 278 g/mol. The summed E-state index contributed by atoms with van der Waals surface area (Å²) in [6.07, 6.45) is 2.38. The summed E-state index contributed by atoms with van der Waals surface area (Å²) in [6, 6.07) is 7.76. The Bertz CT molecular complexity index is 630. The van der Waals surface area contributed by atoms with Gasteiger partial charge in [0.25, 0.3) is 0 Å². The van der Waals surface area contributed by atoms with E-state index in [0.717, 1.165) is 29.6 Å². The quantitative estimate of drug-likeness (QED) is 0.843. The van der Waals surface area contributed by atoms with Crippen molar-refractivity contribution < 1.29 is 13.9 Å². The summed E-state index contributed by atoms with van der Waals surface area (Å²) in [5.41, 5.74) is 0.745. The summed E-state index contributed by atoms with van der Waals surface area (Å²) in [5, 5.41) is 4.01. The van der Waals surface area contributed by atoms with Gasteiger partial charge in [-0.25, -0.2) is 0 Å². The molecule has 1 unspecified atom stereocenters. The Morgan fingerprint density at radius 2 is 2.00 bits per heavy atom. The third kappa shape index (κ3) is 4.52. The van der Waals surface area contributed by atoms with Gasteiger partial charge in [-0.3, -0.25) is 4.79 Å². The maximum absolute atomic E-state index is 12.1. The Morgan fingerprint density at radius 3 is 2.68 bits per heavy atom. The molecule has 120 valence electrons. The average molecular weight is 303 g/mol. The van der Waals surface area contributed by atoms with Crippen LogP contribution < -0.4 is 10.1 Å². The third-order valence-corrected chi connectivity index (χ3v) is 3.70. The van der Waals surface area contributed by atoms with Crippen molar-refractivity contribution in [1.29, 1.82) is 0 Å². The SMILES string of the molecule is COc1ccc2cc(CC(=O)NC(C)CCC(C)C)oc2c1. The summed E-state index contributed by atoms with van der Waals surface area (Å²) < 4.78 is 10.9. The molecule has 1 aromatic heterocycles. The second-order valence-electron chi connectivity index (χ2n) is 6.23. The summed E-state index contributed by atoms with van der Waals surface area (Å²) in [4.78, 5) is 12.1. The number of hydrogen-bond acceptors (Lipinski definition) is 3. The lowest BCUT2D eigenvalue weighted by Gasteiger charge is -2.14. The fourth-order valence-electron chi connectivity index (χ4n) is 2.42. The summed E-state index contributed by atoms with van der Waals surface area (Å²) in [7, 11) is 1.62. The zero-order chi connectivity index (χ0) is 16.1. The Hall–Kier alpha value is -1.97.